The molecule has 3 aromatic rings. The van der Waals surface area contributed by atoms with Gasteiger partial charge in [-0.2, -0.15) is 0 Å². The maximum atomic E-state index is 4.56. The Kier molecular flexibility index (Phi) is 5.74. The van der Waals surface area contributed by atoms with Crippen LogP contribution in [-0.2, 0) is 18.5 Å². The highest BCUT2D eigenvalue weighted by molar-refractivity contribution is 5.21. The number of pyridine rings is 3. The van der Waals surface area contributed by atoms with Gasteiger partial charge in [-0.25, -0.2) is 0 Å². The molecule has 0 bridgehead atoms. The average molecular weight is 374 g/mol. The van der Waals surface area contributed by atoms with E-state index < -0.39 is 0 Å². The third kappa shape index (κ3) is 4.61. The molecule has 0 N–H and O–H groups in total. The lowest BCUT2D eigenvalue weighted by Gasteiger charge is -2.48. The highest BCUT2D eigenvalue weighted by Gasteiger charge is 2.40. The van der Waals surface area contributed by atoms with E-state index in [4.69, 9.17) is 0 Å². The molecule has 0 amide bonds. The number of likely N-dealkylation sites (tertiary alicyclic amines) is 1. The average Bonchev–Trinajstić information content (AvgIpc) is 2.72. The summed E-state index contributed by atoms with van der Waals surface area (Å²) in [4.78, 5) is 18.5. The van der Waals surface area contributed by atoms with Crippen LogP contribution in [0.1, 0.15) is 24.0 Å². The van der Waals surface area contributed by atoms with Crippen molar-refractivity contribution in [3.8, 4) is 0 Å². The molecule has 1 fully saturated rings. The molecule has 5 nitrogen and oxygen atoms in total. The Balaban J connectivity index is 1.35. The van der Waals surface area contributed by atoms with E-state index >= 15 is 0 Å². The van der Waals surface area contributed by atoms with E-state index in [1.54, 1.807) is 0 Å². The topological polar surface area (TPSA) is 45.2 Å². The van der Waals surface area contributed by atoms with Crippen molar-refractivity contribution < 1.29 is 0 Å². The van der Waals surface area contributed by atoms with Gasteiger partial charge >= 0.3 is 0 Å². The first-order valence-electron chi connectivity index (χ1n) is 9.87. The van der Waals surface area contributed by atoms with Crippen LogP contribution >= 0.6 is 0 Å². The van der Waals surface area contributed by atoms with E-state index in [0.29, 0.717) is 0 Å². The quantitative estimate of drug-likeness (QED) is 0.607. The van der Waals surface area contributed by atoms with Gasteiger partial charge in [-0.1, -0.05) is 25.1 Å². The highest BCUT2D eigenvalue weighted by atomic mass is 15.2. The number of hydrogen-bond acceptors (Lipinski definition) is 5. The van der Waals surface area contributed by atoms with Gasteiger partial charge in [0.2, 0.25) is 0 Å². The molecule has 1 aliphatic heterocycles. The van der Waals surface area contributed by atoms with Crippen molar-refractivity contribution in [2.75, 3.05) is 26.2 Å². The van der Waals surface area contributed by atoms with Gasteiger partial charge < -0.3 is 4.90 Å². The zero-order chi connectivity index (χ0) is 19.2. The fraction of sp³-hybridized carbons (Fsp3) is 0.348. The van der Waals surface area contributed by atoms with Gasteiger partial charge in [-0.05, 0) is 36.4 Å². The summed E-state index contributed by atoms with van der Waals surface area (Å²) in [6, 6.07) is 18.4. The van der Waals surface area contributed by atoms with Crippen LogP contribution in [0.15, 0.2) is 73.2 Å². The molecule has 3 aromatic heterocycles. The van der Waals surface area contributed by atoms with E-state index in [2.05, 4.69) is 68.1 Å². The number of rotatable bonds is 8. The molecule has 0 aliphatic carbocycles. The zero-order valence-electron chi connectivity index (χ0n) is 16.4. The van der Waals surface area contributed by atoms with Crippen molar-refractivity contribution in [1.29, 1.82) is 0 Å². The first-order chi connectivity index (χ1) is 13.7. The first-order valence-corrected chi connectivity index (χ1v) is 9.87. The molecule has 28 heavy (non-hydrogen) atoms. The van der Waals surface area contributed by atoms with Gasteiger partial charge in [0.05, 0.1) is 11.4 Å². The van der Waals surface area contributed by atoms with Crippen molar-refractivity contribution in [2.45, 2.75) is 25.4 Å². The normalized spacial score (nSPS) is 16.1. The van der Waals surface area contributed by atoms with Crippen LogP contribution in [0.25, 0.3) is 0 Å². The molecule has 1 saturated heterocycles. The summed E-state index contributed by atoms with van der Waals surface area (Å²) < 4.78 is 0. The summed E-state index contributed by atoms with van der Waals surface area (Å²) in [5, 5.41) is 0. The maximum absolute atomic E-state index is 4.56. The second-order valence-corrected chi connectivity index (χ2v) is 7.84. The van der Waals surface area contributed by atoms with Crippen LogP contribution in [0.3, 0.4) is 0 Å². The van der Waals surface area contributed by atoms with Gasteiger partial charge in [0.15, 0.2) is 0 Å². The monoisotopic (exact) mass is 373 g/mol. The molecular weight excluding hydrogens is 346 g/mol. The van der Waals surface area contributed by atoms with E-state index in [9.17, 15) is 0 Å². The summed E-state index contributed by atoms with van der Waals surface area (Å²) in [5.74, 6) is 0. The minimum absolute atomic E-state index is 0.175. The largest absolute Gasteiger partial charge is 0.300 e. The van der Waals surface area contributed by atoms with E-state index in [1.165, 1.54) is 5.69 Å². The molecular formula is C23H27N5. The lowest BCUT2D eigenvalue weighted by atomic mass is 9.78. The van der Waals surface area contributed by atoms with Crippen LogP contribution in [0.2, 0.25) is 0 Å². The summed E-state index contributed by atoms with van der Waals surface area (Å²) in [7, 11) is 0. The number of hydrogen-bond donors (Lipinski definition) is 0. The van der Waals surface area contributed by atoms with Crippen LogP contribution in [0.4, 0.5) is 0 Å². The Labute approximate surface area is 167 Å². The smallest absolute Gasteiger partial charge is 0.0544 e. The molecule has 4 heterocycles. The molecule has 0 saturated carbocycles. The van der Waals surface area contributed by atoms with Gasteiger partial charge in [0.1, 0.15) is 0 Å². The molecule has 1 aliphatic rings. The van der Waals surface area contributed by atoms with Crippen LogP contribution in [-0.4, -0.2) is 50.9 Å². The van der Waals surface area contributed by atoms with E-state index in [1.807, 2.05) is 36.8 Å². The molecule has 0 atom stereocenters. The number of aromatic nitrogens is 3. The lowest BCUT2D eigenvalue weighted by Crippen LogP contribution is -2.59. The summed E-state index contributed by atoms with van der Waals surface area (Å²) in [6.45, 7) is 8.14. The number of nitrogens with zero attached hydrogens (tertiary/aromatic N) is 5. The van der Waals surface area contributed by atoms with Crippen molar-refractivity contribution >= 4 is 0 Å². The minimum atomic E-state index is 0.175. The Hall–Kier alpha value is -2.63. The highest BCUT2D eigenvalue weighted by Crippen LogP contribution is 2.32. The summed E-state index contributed by atoms with van der Waals surface area (Å²) >= 11 is 0. The lowest BCUT2D eigenvalue weighted by molar-refractivity contribution is 0.0605. The van der Waals surface area contributed by atoms with E-state index in [-0.39, 0.29) is 5.41 Å². The second kappa shape index (κ2) is 8.59. The predicted molar refractivity (Wildman–Crippen MR) is 111 cm³/mol. The van der Waals surface area contributed by atoms with Gasteiger partial charge in [0, 0.05) is 69.0 Å². The molecule has 0 spiro atoms. The van der Waals surface area contributed by atoms with Crippen LogP contribution < -0.4 is 0 Å². The Morgan fingerprint density at radius 1 is 0.821 bits per heavy atom. The van der Waals surface area contributed by atoms with E-state index in [0.717, 1.165) is 50.7 Å². The van der Waals surface area contributed by atoms with Crippen molar-refractivity contribution in [3.05, 3.63) is 90.3 Å². The fourth-order valence-electron chi connectivity index (χ4n) is 3.92. The molecule has 144 valence electrons. The van der Waals surface area contributed by atoms with Gasteiger partial charge in [0.25, 0.3) is 0 Å². The Morgan fingerprint density at radius 3 is 1.89 bits per heavy atom. The minimum Gasteiger partial charge on any atom is -0.300 e. The fourth-order valence-corrected chi connectivity index (χ4v) is 3.92. The van der Waals surface area contributed by atoms with Crippen LogP contribution in [0, 0.1) is 0 Å². The third-order valence-corrected chi connectivity index (χ3v) is 5.38. The molecule has 0 unspecified atom stereocenters. The zero-order valence-corrected chi connectivity index (χ0v) is 16.4. The third-order valence-electron chi connectivity index (χ3n) is 5.38. The van der Waals surface area contributed by atoms with Crippen molar-refractivity contribution in [1.82, 2.24) is 24.8 Å². The van der Waals surface area contributed by atoms with Crippen molar-refractivity contribution in [2.24, 2.45) is 0 Å². The molecule has 0 aromatic carbocycles. The summed E-state index contributed by atoms with van der Waals surface area (Å²) in [5.41, 5.74) is 3.57. The van der Waals surface area contributed by atoms with Crippen molar-refractivity contribution in [3.63, 3.8) is 0 Å². The Bertz CT molecular complexity index is 806. The first kappa shape index (κ1) is 18.7. The maximum Gasteiger partial charge on any atom is 0.0544 e. The Morgan fingerprint density at radius 2 is 1.39 bits per heavy atom. The SMILES string of the molecule is CC1(c2ccccn2)CN(CCN(Cc2ccccn2)Cc2ccccn2)C1. The summed E-state index contributed by atoms with van der Waals surface area (Å²) in [6.07, 6.45) is 5.62. The second-order valence-electron chi connectivity index (χ2n) is 7.84. The molecule has 4 rings (SSSR count). The van der Waals surface area contributed by atoms with Gasteiger partial charge in [-0.15, -0.1) is 0 Å². The predicted octanol–water partition coefficient (Wildman–Crippen LogP) is 3.15. The molecule has 5 heteroatoms. The standard InChI is InChI=1S/C23H27N5/c1-23(22-10-4-7-13-26-22)18-28(19-23)15-14-27(16-20-8-2-5-11-24-20)17-21-9-3-6-12-25-21/h2-13H,14-19H2,1H3. The van der Waals surface area contributed by atoms with Crippen LogP contribution in [0.5, 0.6) is 0 Å². The molecule has 0 radical (unpaired) electrons. The van der Waals surface area contributed by atoms with Gasteiger partial charge in [-0.3, -0.25) is 19.9 Å².